The summed E-state index contributed by atoms with van der Waals surface area (Å²) in [6, 6.07) is 7.83. The van der Waals surface area contributed by atoms with Crippen molar-refractivity contribution in [2.75, 3.05) is 26.2 Å². The van der Waals surface area contributed by atoms with Crippen molar-refractivity contribution in [2.24, 2.45) is 11.8 Å². The van der Waals surface area contributed by atoms with E-state index in [0.717, 1.165) is 37.6 Å². The summed E-state index contributed by atoms with van der Waals surface area (Å²) in [5, 5.41) is 6.13. The first-order chi connectivity index (χ1) is 10.2. The third-order valence-corrected chi connectivity index (χ3v) is 5.09. The van der Waals surface area contributed by atoms with Crippen LogP contribution in [0.25, 0.3) is 0 Å². The molecule has 2 saturated heterocycles. The zero-order chi connectivity index (χ0) is 14.7. The number of carbonyl (C=O) groups is 1. The van der Waals surface area contributed by atoms with E-state index in [1.807, 2.05) is 29.2 Å². The summed E-state index contributed by atoms with van der Waals surface area (Å²) in [5.41, 5.74) is 0. The van der Waals surface area contributed by atoms with Gasteiger partial charge in [-0.25, -0.2) is 0 Å². The summed E-state index contributed by atoms with van der Waals surface area (Å²) in [7, 11) is 0. The van der Waals surface area contributed by atoms with Crippen LogP contribution in [0.5, 0.6) is 0 Å². The molecule has 3 rings (SSSR count). The van der Waals surface area contributed by atoms with Crippen LogP contribution in [-0.2, 0) is 4.79 Å². The van der Waals surface area contributed by atoms with Crippen molar-refractivity contribution in [3.8, 4) is 0 Å². The molecule has 0 aromatic heterocycles. The fraction of sp³-hybridized carbons (Fsp3) is 0.438. The smallest absolute Gasteiger partial charge is 0.227 e. The van der Waals surface area contributed by atoms with Crippen LogP contribution in [0.3, 0.4) is 0 Å². The average molecular weight is 323 g/mol. The summed E-state index contributed by atoms with van der Waals surface area (Å²) in [6.45, 7) is 3.56. The Morgan fingerprint density at radius 3 is 2.76 bits per heavy atom. The molecule has 0 radical (unpaired) electrons. The lowest BCUT2D eigenvalue weighted by Crippen LogP contribution is -2.51. The molecule has 1 aromatic carbocycles. The number of nitrogens with one attached hydrogen (secondary N) is 1. The molecule has 1 atom stereocenters. The molecule has 2 aliphatic heterocycles. The Bertz CT molecular complexity index is 520. The zero-order valence-electron chi connectivity index (χ0n) is 11.8. The molecule has 2 fully saturated rings. The predicted molar refractivity (Wildman–Crippen MR) is 87.5 cm³/mol. The maximum Gasteiger partial charge on any atom is 0.227 e. The number of benzene rings is 1. The van der Waals surface area contributed by atoms with E-state index >= 15 is 0 Å². The molecule has 112 valence electrons. The third kappa shape index (κ3) is 3.82. The van der Waals surface area contributed by atoms with Crippen LogP contribution in [0.15, 0.2) is 40.6 Å². The molecule has 21 heavy (non-hydrogen) atoms. The van der Waals surface area contributed by atoms with Crippen molar-refractivity contribution >= 4 is 29.3 Å². The van der Waals surface area contributed by atoms with E-state index in [-0.39, 0.29) is 5.92 Å². The minimum atomic E-state index is 0.207. The Morgan fingerprint density at radius 2 is 2.10 bits per heavy atom. The van der Waals surface area contributed by atoms with Gasteiger partial charge in [0.05, 0.1) is 5.92 Å². The quantitative estimate of drug-likeness (QED) is 0.865. The number of hydrogen-bond acceptors (Lipinski definition) is 3. The van der Waals surface area contributed by atoms with Crippen LogP contribution in [0, 0.1) is 11.8 Å². The topological polar surface area (TPSA) is 32.3 Å². The van der Waals surface area contributed by atoms with Crippen LogP contribution in [0.4, 0.5) is 0 Å². The van der Waals surface area contributed by atoms with Crippen molar-refractivity contribution in [2.45, 2.75) is 11.3 Å². The number of rotatable bonds is 4. The van der Waals surface area contributed by atoms with Crippen molar-refractivity contribution < 1.29 is 4.79 Å². The summed E-state index contributed by atoms with van der Waals surface area (Å²) >= 11 is 7.55. The second-order valence-electron chi connectivity index (χ2n) is 5.59. The summed E-state index contributed by atoms with van der Waals surface area (Å²) in [4.78, 5) is 15.3. The Hall–Kier alpha value is -0.970. The summed E-state index contributed by atoms with van der Waals surface area (Å²) in [5.74, 6) is 1.04. The van der Waals surface area contributed by atoms with Crippen molar-refractivity contribution in [1.29, 1.82) is 0 Å². The number of amides is 1. The summed E-state index contributed by atoms with van der Waals surface area (Å²) in [6.07, 6.45) is 3.19. The highest BCUT2D eigenvalue weighted by Gasteiger charge is 2.34. The van der Waals surface area contributed by atoms with E-state index in [2.05, 4.69) is 16.8 Å². The molecule has 2 aliphatic rings. The Kier molecular flexibility index (Phi) is 4.88. The molecule has 0 saturated carbocycles. The van der Waals surface area contributed by atoms with Crippen molar-refractivity contribution in [1.82, 2.24) is 10.2 Å². The van der Waals surface area contributed by atoms with E-state index in [4.69, 9.17) is 11.6 Å². The molecule has 1 amide bonds. The van der Waals surface area contributed by atoms with E-state index in [1.54, 1.807) is 11.8 Å². The van der Waals surface area contributed by atoms with Gasteiger partial charge in [-0.1, -0.05) is 29.4 Å². The van der Waals surface area contributed by atoms with Gasteiger partial charge >= 0.3 is 0 Å². The second kappa shape index (κ2) is 6.86. The van der Waals surface area contributed by atoms with Gasteiger partial charge in [-0.15, -0.1) is 0 Å². The number of hydrogen-bond donors (Lipinski definition) is 1. The fourth-order valence-corrected chi connectivity index (χ4v) is 3.56. The summed E-state index contributed by atoms with van der Waals surface area (Å²) < 4.78 is 0. The van der Waals surface area contributed by atoms with Gasteiger partial charge in [0, 0.05) is 35.5 Å². The lowest BCUT2D eigenvalue weighted by Gasteiger charge is -2.39. The monoisotopic (exact) mass is 322 g/mol. The SMILES string of the molecule is O=C(C1CCNC1)N1CC(/C=C/Sc2ccc(Cl)cc2)C1. The first-order valence-corrected chi connectivity index (χ1v) is 8.56. The van der Waals surface area contributed by atoms with Gasteiger partial charge in [0.2, 0.25) is 5.91 Å². The number of likely N-dealkylation sites (tertiary alicyclic amines) is 1. The van der Waals surface area contributed by atoms with Crippen LogP contribution >= 0.6 is 23.4 Å². The molecule has 3 nitrogen and oxygen atoms in total. The highest BCUT2D eigenvalue weighted by molar-refractivity contribution is 8.02. The zero-order valence-corrected chi connectivity index (χ0v) is 13.4. The maximum absolute atomic E-state index is 12.1. The highest BCUT2D eigenvalue weighted by atomic mass is 35.5. The minimum Gasteiger partial charge on any atom is -0.341 e. The van der Waals surface area contributed by atoms with Gasteiger partial charge in [-0.3, -0.25) is 4.79 Å². The minimum absolute atomic E-state index is 0.207. The normalized spacial score (nSPS) is 22.7. The van der Waals surface area contributed by atoms with Gasteiger partial charge in [0.25, 0.3) is 0 Å². The molecule has 1 aromatic rings. The molecule has 0 aliphatic carbocycles. The van der Waals surface area contributed by atoms with Crippen LogP contribution in [0.2, 0.25) is 5.02 Å². The standard InChI is InChI=1S/C16H19ClN2OS/c17-14-1-3-15(4-2-14)21-8-6-12-10-19(11-12)16(20)13-5-7-18-9-13/h1-4,6,8,12-13,18H,5,7,9-11H2/b8-6+. The third-order valence-electron chi connectivity index (χ3n) is 4.00. The number of carbonyl (C=O) groups excluding carboxylic acids is 1. The number of halogens is 1. The lowest BCUT2D eigenvalue weighted by molar-refractivity contribution is -0.140. The molecule has 5 heteroatoms. The lowest BCUT2D eigenvalue weighted by atomic mass is 9.97. The van der Waals surface area contributed by atoms with Crippen LogP contribution in [0.1, 0.15) is 6.42 Å². The largest absolute Gasteiger partial charge is 0.341 e. The van der Waals surface area contributed by atoms with Crippen molar-refractivity contribution in [3.05, 3.63) is 40.8 Å². The van der Waals surface area contributed by atoms with Crippen LogP contribution < -0.4 is 5.32 Å². The van der Waals surface area contributed by atoms with Gasteiger partial charge in [-0.2, -0.15) is 0 Å². The first kappa shape index (κ1) is 14.9. The Balaban J connectivity index is 1.41. The van der Waals surface area contributed by atoms with Gasteiger partial charge in [-0.05, 0) is 42.6 Å². The number of thioether (sulfide) groups is 1. The van der Waals surface area contributed by atoms with Gasteiger partial charge in [0.15, 0.2) is 0 Å². The number of nitrogens with zero attached hydrogens (tertiary/aromatic N) is 1. The molecular weight excluding hydrogens is 304 g/mol. The Labute approximate surface area is 134 Å². The van der Waals surface area contributed by atoms with E-state index in [0.29, 0.717) is 11.8 Å². The Morgan fingerprint density at radius 1 is 1.33 bits per heavy atom. The highest BCUT2D eigenvalue weighted by Crippen LogP contribution is 2.25. The van der Waals surface area contributed by atoms with E-state index < -0.39 is 0 Å². The second-order valence-corrected chi connectivity index (χ2v) is 7.01. The average Bonchev–Trinajstić information content (AvgIpc) is 2.97. The van der Waals surface area contributed by atoms with Crippen molar-refractivity contribution in [3.63, 3.8) is 0 Å². The molecule has 1 unspecified atom stereocenters. The molecular formula is C16H19ClN2OS. The molecule has 2 heterocycles. The van der Waals surface area contributed by atoms with Gasteiger partial charge < -0.3 is 10.2 Å². The fourth-order valence-electron chi connectivity index (χ4n) is 2.68. The molecule has 0 spiro atoms. The van der Waals surface area contributed by atoms with E-state index in [1.165, 1.54) is 4.90 Å². The predicted octanol–water partition coefficient (Wildman–Crippen LogP) is 3.01. The van der Waals surface area contributed by atoms with Gasteiger partial charge in [0.1, 0.15) is 0 Å². The molecule has 1 N–H and O–H groups in total. The van der Waals surface area contributed by atoms with E-state index in [9.17, 15) is 4.79 Å². The maximum atomic E-state index is 12.1. The molecule has 0 bridgehead atoms. The first-order valence-electron chi connectivity index (χ1n) is 7.31. The van der Waals surface area contributed by atoms with Crippen LogP contribution in [-0.4, -0.2) is 37.0 Å².